The molecule has 7 heteroatoms. The highest BCUT2D eigenvalue weighted by Crippen LogP contribution is 2.35. The van der Waals surface area contributed by atoms with E-state index in [0.29, 0.717) is 13.1 Å². The summed E-state index contributed by atoms with van der Waals surface area (Å²) in [5.41, 5.74) is 2.56. The first-order chi connectivity index (χ1) is 16.4. The highest BCUT2D eigenvalue weighted by Gasteiger charge is 2.34. The standard InChI is InChI=1S/C27H29N3O4/c1-19-12-13-23(24(18-19)30(33)34)28-27(32)25(20-8-4-2-5-9-20)29-16-14-22(15-17-29)26(31)21-10-6-3-7-11-21/h2-13,18,22,25-26,31H,14-17H2,1H3,(H,28,32). The molecule has 1 heterocycles. The van der Waals surface area contributed by atoms with E-state index in [0.717, 1.165) is 29.5 Å². The molecule has 4 rings (SSSR count). The molecule has 2 atom stereocenters. The topological polar surface area (TPSA) is 95.7 Å². The van der Waals surface area contributed by atoms with Gasteiger partial charge in [-0.15, -0.1) is 0 Å². The van der Waals surface area contributed by atoms with Crippen molar-refractivity contribution in [3.63, 3.8) is 0 Å². The number of rotatable bonds is 7. The lowest BCUT2D eigenvalue weighted by atomic mass is 9.86. The highest BCUT2D eigenvalue weighted by molar-refractivity contribution is 5.97. The van der Waals surface area contributed by atoms with Crippen LogP contribution in [0.15, 0.2) is 78.9 Å². The van der Waals surface area contributed by atoms with Crippen LogP contribution in [-0.2, 0) is 4.79 Å². The number of nitrogens with zero attached hydrogens (tertiary/aromatic N) is 2. The van der Waals surface area contributed by atoms with E-state index in [-0.39, 0.29) is 23.2 Å². The molecule has 3 aromatic carbocycles. The number of aliphatic hydroxyl groups is 1. The van der Waals surface area contributed by atoms with Crippen molar-refractivity contribution in [1.29, 1.82) is 0 Å². The minimum absolute atomic E-state index is 0.108. The summed E-state index contributed by atoms with van der Waals surface area (Å²) in [5.74, 6) is -0.198. The van der Waals surface area contributed by atoms with E-state index in [1.54, 1.807) is 19.1 Å². The first kappa shape index (κ1) is 23.6. The minimum Gasteiger partial charge on any atom is -0.388 e. The lowest BCUT2D eigenvalue weighted by molar-refractivity contribution is -0.384. The van der Waals surface area contributed by atoms with Gasteiger partial charge in [0.1, 0.15) is 11.7 Å². The third kappa shape index (κ3) is 5.32. The Balaban J connectivity index is 1.53. The zero-order chi connectivity index (χ0) is 24.1. The number of hydrogen-bond acceptors (Lipinski definition) is 5. The van der Waals surface area contributed by atoms with Crippen LogP contribution in [-0.4, -0.2) is 33.9 Å². The summed E-state index contributed by atoms with van der Waals surface area (Å²) in [6.07, 6.45) is 0.955. The molecule has 1 aliphatic rings. The molecule has 2 unspecified atom stereocenters. The fraction of sp³-hybridized carbons (Fsp3) is 0.296. The summed E-state index contributed by atoms with van der Waals surface area (Å²) in [7, 11) is 0. The monoisotopic (exact) mass is 459 g/mol. The van der Waals surface area contributed by atoms with Crippen LogP contribution in [0.1, 0.15) is 41.7 Å². The van der Waals surface area contributed by atoms with Gasteiger partial charge in [0.05, 0.1) is 11.0 Å². The normalized spacial score (nSPS) is 16.5. The smallest absolute Gasteiger partial charge is 0.293 e. The van der Waals surface area contributed by atoms with Crippen LogP contribution in [0.5, 0.6) is 0 Å². The lowest BCUT2D eigenvalue weighted by Gasteiger charge is -2.38. The zero-order valence-electron chi connectivity index (χ0n) is 19.1. The Morgan fingerprint density at radius 2 is 1.59 bits per heavy atom. The molecule has 1 amide bonds. The number of benzene rings is 3. The molecule has 0 aromatic heterocycles. The maximum absolute atomic E-state index is 13.5. The van der Waals surface area contributed by atoms with Gasteiger partial charge >= 0.3 is 0 Å². The molecule has 0 saturated carbocycles. The van der Waals surface area contributed by atoms with Crippen molar-refractivity contribution in [2.24, 2.45) is 5.92 Å². The molecule has 3 aromatic rings. The minimum atomic E-state index is -0.586. The molecule has 1 fully saturated rings. The number of anilines is 1. The molecule has 0 radical (unpaired) electrons. The molecular formula is C27H29N3O4. The average molecular weight is 460 g/mol. The van der Waals surface area contributed by atoms with Crippen molar-refractivity contribution in [1.82, 2.24) is 4.90 Å². The Hall–Kier alpha value is -3.55. The lowest BCUT2D eigenvalue weighted by Crippen LogP contribution is -2.43. The number of nitro groups is 1. The Labute approximate surface area is 199 Å². The molecule has 0 bridgehead atoms. The number of piperidine rings is 1. The van der Waals surface area contributed by atoms with Crippen LogP contribution in [0.4, 0.5) is 11.4 Å². The Kier molecular flexibility index (Phi) is 7.35. The predicted molar refractivity (Wildman–Crippen MR) is 131 cm³/mol. The van der Waals surface area contributed by atoms with Crippen LogP contribution in [0, 0.1) is 23.0 Å². The SMILES string of the molecule is Cc1ccc(NC(=O)C(c2ccccc2)N2CCC(C(O)c3ccccc3)CC2)c([N+](=O)[O-])c1. The second kappa shape index (κ2) is 10.6. The van der Waals surface area contributed by atoms with E-state index in [4.69, 9.17) is 0 Å². The Morgan fingerprint density at radius 1 is 1.00 bits per heavy atom. The largest absolute Gasteiger partial charge is 0.388 e. The number of nitrogens with one attached hydrogen (secondary N) is 1. The van der Waals surface area contributed by atoms with Crippen LogP contribution >= 0.6 is 0 Å². The van der Waals surface area contributed by atoms with Crippen molar-refractivity contribution >= 4 is 17.3 Å². The van der Waals surface area contributed by atoms with Gasteiger partial charge in [-0.3, -0.25) is 19.8 Å². The number of aliphatic hydroxyl groups excluding tert-OH is 1. The molecule has 176 valence electrons. The first-order valence-electron chi connectivity index (χ1n) is 11.5. The molecular weight excluding hydrogens is 430 g/mol. The van der Waals surface area contributed by atoms with Crippen molar-refractivity contribution in [2.45, 2.75) is 31.9 Å². The molecule has 0 aliphatic carbocycles. The summed E-state index contributed by atoms with van der Waals surface area (Å²) in [5, 5.41) is 25.2. The van der Waals surface area contributed by atoms with E-state index < -0.39 is 17.1 Å². The number of amides is 1. The van der Waals surface area contributed by atoms with Crippen LogP contribution in [0.3, 0.4) is 0 Å². The highest BCUT2D eigenvalue weighted by atomic mass is 16.6. The summed E-state index contributed by atoms with van der Waals surface area (Å²) in [4.78, 5) is 26.6. The molecule has 0 spiro atoms. The quantitative estimate of drug-likeness (QED) is 0.382. The van der Waals surface area contributed by atoms with Crippen molar-refractivity contribution in [2.75, 3.05) is 18.4 Å². The van der Waals surface area contributed by atoms with Crippen LogP contribution in [0.25, 0.3) is 0 Å². The van der Waals surface area contributed by atoms with Crippen molar-refractivity contribution in [3.8, 4) is 0 Å². The third-order valence-corrected chi connectivity index (χ3v) is 6.50. The molecule has 7 nitrogen and oxygen atoms in total. The Morgan fingerprint density at radius 3 is 2.18 bits per heavy atom. The fourth-order valence-electron chi connectivity index (χ4n) is 4.68. The molecule has 1 aliphatic heterocycles. The number of likely N-dealkylation sites (tertiary alicyclic amines) is 1. The maximum Gasteiger partial charge on any atom is 0.293 e. The van der Waals surface area contributed by atoms with Crippen molar-refractivity contribution in [3.05, 3.63) is 106 Å². The van der Waals surface area contributed by atoms with E-state index in [1.807, 2.05) is 60.7 Å². The Bertz CT molecular complexity index is 1130. The van der Waals surface area contributed by atoms with Gasteiger partial charge < -0.3 is 10.4 Å². The van der Waals surface area contributed by atoms with Gasteiger partial charge in [0, 0.05) is 6.07 Å². The molecule has 34 heavy (non-hydrogen) atoms. The molecule has 2 N–H and O–H groups in total. The second-order valence-electron chi connectivity index (χ2n) is 8.81. The third-order valence-electron chi connectivity index (χ3n) is 6.50. The zero-order valence-corrected chi connectivity index (χ0v) is 19.1. The summed E-state index contributed by atoms with van der Waals surface area (Å²) < 4.78 is 0. The number of hydrogen-bond donors (Lipinski definition) is 2. The maximum atomic E-state index is 13.5. The first-order valence-corrected chi connectivity index (χ1v) is 11.5. The van der Waals surface area contributed by atoms with Gasteiger partial charge in [0.25, 0.3) is 5.69 Å². The van der Waals surface area contributed by atoms with E-state index in [9.17, 15) is 20.0 Å². The summed E-state index contributed by atoms with van der Waals surface area (Å²) in [6, 6.07) is 23.3. The number of carbonyl (C=O) groups excluding carboxylic acids is 1. The van der Waals surface area contributed by atoms with Gasteiger partial charge in [-0.2, -0.15) is 0 Å². The second-order valence-corrected chi connectivity index (χ2v) is 8.81. The number of aryl methyl sites for hydroxylation is 1. The predicted octanol–water partition coefficient (Wildman–Crippen LogP) is 5.03. The molecule has 1 saturated heterocycles. The van der Waals surface area contributed by atoms with Crippen LogP contribution in [0.2, 0.25) is 0 Å². The van der Waals surface area contributed by atoms with E-state index in [1.165, 1.54) is 6.07 Å². The summed E-state index contributed by atoms with van der Waals surface area (Å²) >= 11 is 0. The van der Waals surface area contributed by atoms with E-state index >= 15 is 0 Å². The van der Waals surface area contributed by atoms with Gasteiger partial charge in [-0.1, -0.05) is 66.7 Å². The van der Waals surface area contributed by atoms with Crippen LogP contribution < -0.4 is 5.32 Å². The van der Waals surface area contributed by atoms with Crippen molar-refractivity contribution < 1.29 is 14.8 Å². The average Bonchev–Trinajstić information content (AvgIpc) is 2.86. The fourth-order valence-corrected chi connectivity index (χ4v) is 4.68. The number of nitro benzene ring substituents is 1. The van der Waals surface area contributed by atoms with Gasteiger partial charge in [0.15, 0.2) is 0 Å². The number of carbonyl (C=O) groups is 1. The van der Waals surface area contributed by atoms with E-state index in [2.05, 4.69) is 10.2 Å². The summed E-state index contributed by atoms with van der Waals surface area (Å²) in [6.45, 7) is 3.05. The van der Waals surface area contributed by atoms with Gasteiger partial charge in [0.2, 0.25) is 5.91 Å². The van der Waals surface area contributed by atoms with Gasteiger partial charge in [-0.05, 0) is 61.5 Å². The van der Waals surface area contributed by atoms with Gasteiger partial charge in [-0.25, -0.2) is 0 Å².